The zero-order valence-corrected chi connectivity index (χ0v) is 13.3. The molecule has 0 aromatic carbocycles. The minimum Gasteiger partial charge on any atom is -0.381 e. The van der Waals surface area contributed by atoms with Crippen molar-refractivity contribution in [3.63, 3.8) is 0 Å². The van der Waals surface area contributed by atoms with Gasteiger partial charge in [0.05, 0.1) is 6.04 Å². The molecule has 1 saturated heterocycles. The fourth-order valence-corrected chi connectivity index (χ4v) is 3.58. The molecular weight excluding hydrogens is 286 g/mol. The third-order valence-corrected chi connectivity index (χ3v) is 4.84. The van der Waals surface area contributed by atoms with Gasteiger partial charge in [0.15, 0.2) is 5.82 Å². The van der Waals surface area contributed by atoms with Crippen LogP contribution in [-0.2, 0) is 11.3 Å². The molecule has 0 amide bonds. The van der Waals surface area contributed by atoms with E-state index in [2.05, 4.69) is 34.5 Å². The number of hydrogen-bond acceptors (Lipinski definition) is 6. The first kappa shape index (κ1) is 14.7. The van der Waals surface area contributed by atoms with Crippen LogP contribution in [0.4, 0.5) is 0 Å². The van der Waals surface area contributed by atoms with Gasteiger partial charge in [-0.05, 0) is 44.7 Å². The van der Waals surface area contributed by atoms with E-state index in [0.29, 0.717) is 17.6 Å². The maximum Gasteiger partial charge on any atom is 0.244 e. The van der Waals surface area contributed by atoms with Crippen LogP contribution in [0.15, 0.2) is 16.7 Å². The molecule has 3 heterocycles. The minimum atomic E-state index is 0.109. The van der Waals surface area contributed by atoms with Crippen LogP contribution in [0.25, 0.3) is 0 Å². The van der Waals surface area contributed by atoms with E-state index in [1.165, 1.54) is 9.75 Å². The molecule has 114 valence electrons. The Morgan fingerprint density at radius 1 is 1.33 bits per heavy atom. The standard InChI is InChI=1S/C15H21N3O2S/c1-10-3-4-13(21-10)9-16-14(12-5-7-19-8-6-12)15-17-11(2)18-20-15/h3-4,12,14,16H,5-9H2,1-2H3/t14-/m1/s1. The third-order valence-electron chi connectivity index (χ3n) is 3.84. The van der Waals surface area contributed by atoms with Gasteiger partial charge >= 0.3 is 0 Å². The lowest BCUT2D eigenvalue weighted by Crippen LogP contribution is -2.32. The average molecular weight is 307 g/mol. The summed E-state index contributed by atoms with van der Waals surface area (Å²) in [6, 6.07) is 4.44. The summed E-state index contributed by atoms with van der Waals surface area (Å²) in [7, 11) is 0. The molecule has 3 rings (SSSR count). The maximum absolute atomic E-state index is 5.46. The van der Waals surface area contributed by atoms with Gasteiger partial charge in [0.2, 0.25) is 5.89 Å². The summed E-state index contributed by atoms with van der Waals surface area (Å²) in [6.07, 6.45) is 2.06. The fraction of sp³-hybridized carbons (Fsp3) is 0.600. The number of nitrogens with one attached hydrogen (secondary N) is 1. The van der Waals surface area contributed by atoms with Crippen LogP contribution >= 0.6 is 11.3 Å². The van der Waals surface area contributed by atoms with Crippen LogP contribution in [-0.4, -0.2) is 23.4 Å². The Balaban J connectivity index is 1.71. The molecular formula is C15H21N3O2S. The van der Waals surface area contributed by atoms with Gasteiger partial charge in [-0.25, -0.2) is 0 Å². The van der Waals surface area contributed by atoms with Crippen molar-refractivity contribution in [1.29, 1.82) is 0 Å². The van der Waals surface area contributed by atoms with Crippen LogP contribution in [0, 0.1) is 19.8 Å². The van der Waals surface area contributed by atoms with Gasteiger partial charge in [0.25, 0.3) is 0 Å². The Kier molecular flexibility index (Phi) is 4.67. The van der Waals surface area contributed by atoms with Gasteiger partial charge in [0, 0.05) is 29.5 Å². The highest BCUT2D eigenvalue weighted by atomic mass is 32.1. The van der Waals surface area contributed by atoms with Gasteiger partial charge in [0.1, 0.15) is 0 Å². The molecule has 2 aromatic heterocycles. The molecule has 1 aliphatic rings. The number of aryl methyl sites for hydroxylation is 2. The van der Waals surface area contributed by atoms with Gasteiger partial charge in [-0.2, -0.15) is 4.98 Å². The van der Waals surface area contributed by atoms with Crippen molar-refractivity contribution in [1.82, 2.24) is 15.5 Å². The molecule has 1 aliphatic heterocycles. The van der Waals surface area contributed by atoms with E-state index in [0.717, 1.165) is 32.6 Å². The second-order valence-electron chi connectivity index (χ2n) is 5.50. The molecule has 21 heavy (non-hydrogen) atoms. The van der Waals surface area contributed by atoms with E-state index >= 15 is 0 Å². The van der Waals surface area contributed by atoms with E-state index in [1.807, 2.05) is 18.3 Å². The molecule has 1 atom stereocenters. The van der Waals surface area contributed by atoms with E-state index in [-0.39, 0.29) is 6.04 Å². The van der Waals surface area contributed by atoms with Gasteiger partial charge in [-0.15, -0.1) is 11.3 Å². The summed E-state index contributed by atoms with van der Waals surface area (Å²) in [5.41, 5.74) is 0. The number of ether oxygens (including phenoxy) is 1. The average Bonchev–Trinajstić information content (AvgIpc) is 3.09. The number of nitrogens with zero attached hydrogens (tertiary/aromatic N) is 2. The first-order chi connectivity index (χ1) is 10.2. The summed E-state index contributed by atoms with van der Waals surface area (Å²) in [4.78, 5) is 7.10. The highest BCUT2D eigenvalue weighted by molar-refractivity contribution is 7.11. The van der Waals surface area contributed by atoms with Crippen molar-refractivity contribution in [3.05, 3.63) is 33.6 Å². The summed E-state index contributed by atoms with van der Waals surface area (Å²) >= 11 is 1.82. The molecule has 0 unspecified atom stereocenters. The Labute approximate surface area is 128 Å². The second-order valence-corrected chi connectivity index (χ2v) is 6.87. The lowest BCUT2D eigenvalue weighted by Gasteiger charge is -2.28. The number of rotatable bonds is 5. The molecule has 0 aliphatic carbocycles. The second kappa shape index (κ2) is 6.68. The smallest absolute Gasteiger partial charge is 0.244 e. The molecule has 0 radical (unpaired) electrons. The predicted molar refractivity (Wildman–Crippen MR) is 81.2 cm³/mol. The molecule has 0 saturated carbocycles. The van der Waals surface area contributed by atoms with Crippen molar-refractivity contribution < 1.29 is 9.26 Å². The molecule has 0 bridgehead atoms. The van der Waals surface area contributed by atoms with E-state index in [1.54, 1.807) is 0 Å². The number of thiophene rings is 1. The van der Waals surface area contributed by atoms with E-state index < -0.39 is 0 Å². The zero-order valence-electron chi connectivity index (χ0n) is 12.5. The van der Waals surface area contributed by atoms with Crippen molar-refractivity contribution in [2.24, 2.45) is 5.92 Å². The van der Waals surface area contributed by atoms with Crippen molar-refractivity contribution >= 4 is 11.3 Å². The van der Waals surface area contributed by atoms with Gasteiger partial charge < -0.3 is 14.6 Å². The van der Waals surface area contributed by atoms with Crippen LogP contribution in [0.1, 0.15) is 40.4 Å². The van der Waals surface area contributed by atoms with Gasteiger partial charge in [-0.1, -0.05) is 5.16 Å². The number of hydrogen-bond donors (Lipinski definition) is 1. The van der Waals surface area contributed by atoms with Crippen LogP contribution in [0.2, 0.25) is 0 Å². The Morgan fingerprint density at radius 3 is 2.76 bits per heavy atom. The number of aromatic nitrogens is 2. The molecule has 6 heteroatoms. The molecule has 1 N–H and O–H groups in total. The molecule has 2 aromatic rings. The summed E-state index contributed by atoms with van der Waals surface area (Å²) < 4.78 is 10.9. The van der Waals surface area contributed by atoms with Crippen molar-refractivity contribution in [2.75, 3.05) is 13.2 Å². The summed E-state index contributed by atoms with van der Waals surface area (Å²) in [5.74, 6) is 1.88. The largest absolute Gasteiger partial charge is 0.381 e. The van der Waals surface area contributed by atoms with Crippen LogP contribution in [0.3, 0.4) is 0 Å². The zero-order chi connectivity index (χ0) is 14.7. The first-order valence-electron chi connectivity index (χ1n) is 7.39. The maximum atomic E-state index is 5.46. The lowest BCUT2D eigenvalue weighted by molar-refractivity contribution is 0.0486. The normalized spacial score (nSPS) is 18.0. The Bertz CT molecular complexity index is 575. The molecule has 1 fully saturated rings. The SMILES string of the molecule is Cc1noc([C@H](NCc2ccc(C)s2)C2CCOCC2)n1. The highest BCUT2D eigenvalue weighted by Gasteiger charge is 2.29. The Hall–Kier alpha value is -1.24. The van der Waals surface area contributed by atoms with Crippen LogP contribution < -0.4 is 5.32 Å². The topological polar surface area (TPSA) is 60.2 Å². The summed E-state index contributed by atoms with van der Waals surface area (Å²) in [6.45, 7) is 6.45. The minimum absolute atomic E-state index is 0.109. The summed E-state index contributed by atoms with van der Waals surface area (Å²) in [5, 5.41) is 7.54. The first-order valence-corrected chi connectivity index (χ1v) is 8.20. The highest BCUT2D eigenvalue weighted by Crippen LogP contribution is 2.30. The monoisotopic (exact) mass is 307 g/mol. The lowest BCUT2D eigenvalue weighted by atomic mass is 9.91. The third kappa shape index (κ3) is 3.70. The predicted octanol–water partition coefficient (Wildman–Crippen LogP) is 3.01. The molecule has 5 nitrogen and oxygen atoms in total. The van der Waals surface area contributed by atoms with E-state index in [9.17, 15) is 0 Å². The Morgan fingerprint density at radius 2 is 2.14 bits per heavy atom. The van der Waals surface area contributed by atoms with Crippen LogP contribution in [0.5, 0.6) is 0 Å². The molecule has 0 spiro atoms. The quantitative estimate of drug-likeness (QED) is 0.920. The van der Waals surface area contributed by atoms with Crippen molar-refractivity contribution in [2.45, 2.75) is 39.3 Å². The fourth-order valence-electron chi connectivity index (χ4n) is 2.73. The van der Waals surface area contributed by atoms with E-state index in [4.69, 9.17) is 9.26 Å². The van der Waals surface area contributed by atoms with Crippen molar-refractivity contribution in [3.8, 4) is 0 Å². The van der Waals surface area contributed by atoms with Gasteiger partial charge in [-0.3, -0.25) is 0 Å².